The molecule has 0 N–H and O–H groups in total. The molecule has 4 rings (SSSR count). The first-order valence-electron chi connectivity index (χ1n) is 8.49. The van der Waals surface area contributed by atoms with Crippen LogP contribution in [0.2, 0.25) is 0 Å². The molecule has 0 radical (unpaired) electrons. The molecule has 130 valence electrons. The number of fused-ring (bicyclic) bond motifs is 1. The average Bonchev–Trinajstić information content (AvgIpc) is 3.15. The van der Waals surface area contributed by atoms with Crippen molar-refractivity contribution in [3.63, 3.8) is 0 Å². The molecule has 1 saturated heterocycles. The van der Waals surface area contributed by atoms with Crippen LogP contribution in [0.15, 0.2) is 41.3 Å². The summed E-state index contributed by atoms with van der Waals surface area (Å²) in [4.78, 5) is 26.8. The Kier molecular flexibility index (Phi) is 4.13. The van der Waals surface area contributed by atoms with E-state index >= 15 is 0 Å². The van der Waals surface area contributed by atoms with Crippen molar-refractivity contribution in [2.24, 2.45) is 5.92 Å². The van der Waals surface area contributed by atoms with E-state index in [0.29, 0.717) is 38.4 Å². The molecule has 3 heterocycles. The number of carbonyl (C=O) groups is 1. The Balaban J connectivity index is 1.63. The van der Waals surface area contributed by atoms with Crippen molar-refractivity contribution in [1.82, 2.24) is 9.47 Å². The maximum absolute atomic E-state index is 13.1. The second-order valence-corrected chi connectivity index (χ2v) is 6.58. The van der Waals surface area contributed by atoms with Crippen molar-refractivity contribution < 1.29 is 13.9 Å². The number of hydrogen-bond donors (Lipinski definition) is 0. The lowest BCUT2D eigenvalue weighted by Crippen LogP contribution is -2.40. The Hall–Kier alpha value is -2.47. The third-order valence-electron chi connectivity index (χ3n) is 4.94. The molecule has 0 bridgehead atoms. The molecule has 1 unspecified atom stereocenters. The third-order valence-corrected chi connectivity index (χ3v) is 4.94. The second-order valence-electron chi connectivity index (χ2n) is 6.58. The first-order chi connectivity index (χ1) is 12.1. The zero-order chi connectivity index (χ0) is 17.4. The minimum absolute atomic E-state index is 0.0513. The van der Waals surface area contributed by atoms with Crippen LogP contribution in [0.1, 0.15) is 17.5 Å². The number of nitrogens with zero attached hydrogens (tertiary/aromatic N) is 2. The quantitative estimate of drug-likeness (QED) is 0.838. The first-order valence-corrected chi connectivity index (χ1v) is 8.49. The van der Waals surface area contributed by atoms with Crippen LogP contribution in [0, 0.1) is 11.7 Å². The molecule has 0 saturated carbocycles. The summed E-state index contributed by atoms with van der Waals surface area (Å²) in [6, 6.07) is 7.43. The van der Waals surface area contributed by atoms with Gasteiger partial charge in [0, 0.05) is 37.6 Å². The molecule has 1 aromatic heterocycles. The maximum Gasteiger partial charge on any atom is 0.255 e. The number of rotatable bonds is 2. The van der Waals surface area contributed by atoms with E-state index in [-0.39, 0.29) is 23.2 Å². The highest BCUT2D eigenvalue weighted by Crippen LogP contribution is 2.23. The number of pyridine rings is 1. The second kappa shape index (κ2) is 6.44. The van der Waals surface area contributed by atoms with Crippen LogP contribution in [0.25, 0.3) is 5.69 Å². The van der Waals surface area contributed by atoms with E-state index in [2.05, 4.69) is 0 Å². The summed E-state index contributed by atoms with van der Waals surface area (Å²) in [6.07, 6.45) is 3.22. The van der Waals surface area contributed by atoms with Crippen LogP contribution in [-0.4, -0.2) is 35.1 Å². The highest BCUT2D eigenvalue weighted by Gasteiger charge is 2.30. The van der Waals surface area contributed by atoms with Gasteiger partial charge in [-0.05, 0) is 48.2 Å². The first kappa shape index (κ1) is 16.0. The monoisotopic (exact) mass is 342 g/mol. The van der Waals surface area contributed by atoms with Crippen LogP contribution in [0.3, 0.4) is 0 Å². The van der Waals surface area contributed by atoms with E-state index in [1.165, 1.54) is 16.7 Å². The minimum Gasteiger partial charge on any atom is -0.381 e. The molecule has 2 aliphatic rings. The van der Waals surface area contributed by atoms with E-state index in [9.17, 15) is 14.0 Å². The number of aromatic nitrogens is 1. The zero-order valence-electron chi connectivity index (χ0n) is 13.8. The lowest BCUT2D eigenvalue weighted by molar-refractivity contribution is -0.136. The van der Waals surface area contributed by atoms with Crippen LogP contribution in [-0.2, 0) is 22.5 Å². The number of halogens is 1. The lowest BCUT2D eigenvalue weighted by atomic mass is 9.99. The van der Waals surface area contributed by atoms with Crippen molar-refractivity contribution in [2.75, 3.05) is 19.8 Å². The zero-order valence-corrected chi connectivity index (χ0v) is 13.8. The SMILES string of the molecule is O=C(C1CCOC1)N1CCc2cc(=O)n(-c3ccc(F)cc3)cc2C1. The minimum atomic E-state index is -0.342. The van der Waals surface area contributed by atoms with Gasteiger partial charge in [-0.3, -0.25) is 14.2 Å². The summed E-state index contributed by atoms with van der Waals surface area (Å²) < 4.78 is 19.9. The summed E-state index contributed by atoms with van der Waals surface area (Å²) in [6.45, 7) is 2.26. The van der Waals surface area contributed by atoms with Gasteiger partial charge in [-0.2, -0.15) is 0 Å². The van der Waals surface area contributed by atoms with Gasteiger partial charge in [-0.15, -0.1) is 0 Å². The molecule has 0 spiro atoms. The Morgan fingerprint density at radius 1 is 1.20 bits per heavy atom. The molecule has 25 heavy (non-hydrogen) atoms. The predicted octanol–water partition coefficient (Wildman–Crippen LogP) is 1.90. The molecule has 0 aliphatic carbocycles. The van der Waals surface area contributed by atoms with Gasteiger partial charge in [0.1, 0.15) is 5.82 Å². The molecule has 1 atom stereocenters. The van der Waals surface area contributed by atoms with Crippen molar-refractivity contribution in [2.45, 2.75) is 19.4 Å². The van der Waals surface area contributed by atoms with Gasteiger partial charge >= 0.3 is 0 Å². The Morgan fingerprint density at radius 3 is 2.72 bits per heavy atom. The summed E-state index contributed by atoms with van der Waals surface area (Å²) in [5.41, 5.74) is 2.41. The van der Waals surface area contributed by atoms with Gasteiger partial charge in [0.15, 0.2) is 0 Å². The Labute approximate surface area is 144 Å². The number of ether oxygens (including phenoxy) is 1. The van der Waals surface area contributed by atoms with E-state index in [4.69, 9.17) is 4.74 Å². The van der Waals surface area contributed by atoms with Gasteiger partial charge in [-0.25, -0.2) is 4.39 Å². The van der Waals surface area contributed by atoms with Gasteiger partial charge in [0.2, 0.25) is 5.91 Å². The molecule has 5 nitrogen and oxygen atoms in total. The number of hydrogen-bond acceptors (Lipinski definition) is 3. The summed E-state index contributed by atoms with van der Waals surface area (Å²) in [5, 5.41) is 0. The third kappa shape index (κ3) is 3.09. The van der Waals surface area contributed by atoms with Gasteiger partial charge < -0.3 is 9.64 Å². The van der Waals surface area contributed by atoms with Crippen molar-refractivity contribution in [1.29, 1.82) is 0 Å². The molecular weight excluding hydrogens is 323 g/mol. The van der Waals surface area contributed by atoms with Crippen LogP contribution < -0.4 is 5.56 Å². The van der Waals surface area contributed by atoms with Gasteiger partial charge in [0.05, 0.1) is 12.5 Å². The van der Waals surface area contributed by atoms with Crippen molar-refractivity contribution in [3.05, 3.63) is 63.8 Å². The normalized spacial score (nSPS) is 19.7. The fourth-order valence-electron chi connectivity index (χ4n) is 3.51. The van der Waals surface area contributed by atoms with Crippen LogP contribution in [0.4, 0.5) is 4.39 Å². The fourth-order valence-corrected chi connectivity index (χ4v) is 3.51. The standard InChI is InChI=1S/C19H19FN2O3/c20-16-1-3-17(4-2-16)22-11-15-10-21(7-5-13(15)9-18(22)23)19(24)14-6-8-25-12-14/h1-4,9,11,14H,5-8,10,12H2. The molecule has 1 aromatic carbocycles. The van der Waals surface area contributed by atoms with Gasteiger partial charge in [0.25, 0.3) is 5.56 Å². The smallest absolute Gasteiger partial charge is 0.255 e. The van der Waals surface area contributed by atoms with Crippen molar-refractivity contribution >= 4 is 5.91 Å². The number of carbonyl (C=O) groups excluding carboxylic acids is 1. The maximum atomic E-state index is 13.1. The topological polar surface area (TPSA) is 51.5 Å². The highest BCUT2D eigenvalue weighted by atomic mass is 19.1. The van der Waals surface area contributed by atoms with Crippen LogP contribution >= 0.6 is 0 Å². The molecule has 1 amide bonds. The largest absolute Gasteiger partial charge is 0.381 e. The molecule has 1 fully saturated rings. The van der Waals surface area contributed by atoms with Crippen LogP contribution in [0.5, 0.6) is 0 Å². The fraction of sp³-hybridized carbons (Fsp3) is 0.368. The predicted molar refractivity (Wildman–Crippen MR) is 90.0 cm³/mol. The van der Waals surface area contributed by atoms with Crippen molar-refractivity contribution in [3.8, 4) is 5.69 Å². The number of benzene rings is 1. The highest BCUT2D eigenvalue weighted by molar-refractivity contribution is 5.79. The average molecular weight is 342 g/mol. The molecular formula is C19H19FN2O3. The van der Waals surface area contributed by atoms with E-state index in [1.54, 1.807) is 24.4 Å². The molecule has 2 aromatic rings. The summed E-state index contributed by atoms with van der Waals surface area (Å²) in [5.74, 6) is -0.266. The number of amides is 1. The van der Waals surface area contributed by atoms with Gasteiger partial charge in [-0.1, -0.05) is 0 Å². The van der Waals surface area contributed by atoms with E-state index in [1.807, 2.05) is 4.90 Å². The van der Waals surface area contributed by atoms with E-state index < -0.39 is 0 Å². The Morgan fingerprint density at radius 2 is 2.00 bits per heavy atom. The Bertz CT molecular complexity index is 854. The van der Waals surface area contributed by atoms with E-state index in [0.717, 1.165) is 17.5 Å². The summed E-state index contributed by atoms with van der Waals surface area (Å²) >= 11 is 0. The molecule has 2 aliphatic heterocycles. The lowest BCUT2D eigenvalue weighted by Gasteiger charge is -2.30. The molecule has 6 heteroatoms. The summed E-state index contributed by atoms with van der Waals surface area (Å²) in [7, 11) is 0.